The highest BCUT2D eigenvalue weighted by Gasteiger charge is 2.17. The van der Waals surface area contributed by atoms with E-state index in [0.717, 1.165) is 0 Å². The minimum Gasteiger partial charge on any atom is -0.383 e. The maximum atomic E-state index is 13.5. The summed E-state index contributed by atoms with van der Waals surface area (Å²) in [5.41, 5.74) is -0.108. The molecule has 1 atom stereocenters. The largest absolute Gasteiger partial charge is 0.383 e. The number of benzene rings is 1. The van der Waals surface area contributed by atoms with Crippen molar-refractivity contribution in [1.29, 1.82) is 0 Å². The van der Waals surface area contributed by atoms with Crippen molar-refractivity contribution in [2.75, 3.05) is 19.6 Å². The van der Waals surface area contributed by atoms with Gasteiger partial charge in [0.15, 0.2) is 5.82 Å². The molecule has 0 fully saturated rings. The lowest BCUT2D eigenvalue weighted by Gasteiger charge is -2.15. The Morgan fingerprint density at radius 1 is 1.59 bits per heavy atom. The second-order valence-corrected chi connectivity index (χ2v) is 4.10. The lowest BCUT2D eigenvalue weighted by atomic mass is 10.2. The van der Waals surface area contributed by atoms with Crippen molar-refractivity contribution in [2.24, 2.45) is 0 Å². The van der Waals surface area contributed by atoms with Crippen LogP contribution >= 0.6 is 23.2 Å². The smallest absolute Gasteiger partial charge is 0.254 e. The van der Waals surface area contributed by atoms with Crippen LogP contribution in [0.1, 0.15) is 10.4 Å². The van der Waals surface area contributed by atoms with Crippen LogP contribution in [0.4, 0.5) is 4.39 Å². The molecule has 0 aromatic heterocycles. The first kappa shape index (κ1) is 14.2. The summed E-state index contributed by atoms with van der Waals surface area (Å²) >= 11 is 11.2. The van der Waals surface area contributed by atoms with E-state index in [0.29, 0.717) is 0 Å². The Morgan fingerprint density at radius 3 is 2.88 bits per heavy atom. The molecule has 0 radical (unpaired) electrons. The Morgan fingerprint density at radius 2 is 2.29 bits per heavy atom. The molecular formula is C11H12Cl2FNO2. The molecule has 1 amide bonds. The molecule has 3 nitrogen and oxygen atoms in total. The number of alkyl halides is 1. The molecular weight excluding hydrogens is 268 g/mol. The minimum absolute atomic E-state index is 0.0909. The second kappa shape index (κ2) is 6.79. The van der Waals surface area contributed by atoms with Crippen molar-refractivity contribution < 1.29 is 13.9 Å². The highest BCUT2D eigenvalue weighted by atomic mass is 35.5. The normalized spacial score (nSPS) is 12.2. The standard InChI is InChI=1S/C11H12Cl2FNO2/c1-17-6-7(5-12)15-11(16)8-3-2-4-9(13)10(8)14/h2-4,7H,5-6H2,1H3,(H,15,16). The van der Waals surface area contributed by atoms with Crippen molar-refractivity contribution in [2.45, 2.75) is 6.04 Å². The second-order valence-electron chi connectivity index (χ2n) is 3.38. The van der Waals surface area contributed by atoms with E-state index in [2.05, 4.69) is 5.32 Å². The lowest BCUT2D eigenvalue weighted by Crippen LogP contribution is -2.39. The molecule has 6 heteroatoms. The topological polar surface area (TPSA) is 38.3 Å². The average molecular weight is 280 g/mol. The van der Waals surface area contributed by atoms with Gasteiger partial charge in [-0.3, -0.25) is 4.79 Å². The number of ether oxygens (including phenoxy) is 1. The van der Waals surface area contributed by atoms with E-state index in [1.165, 1.54) is 25.3 Å². The van der Waals surface area contributed by atoms with Crippen LogP contribution in [0.25, 0.3) is 0 Å². The molecule has 1 unspecified atom stereocenters. The fourth-order valence-corrected chi connectivity index (χ4v) is 1.61. The number of amides is 1. The number of methoxy groups -OCH3 is 1. The Kier molecular flexibility index (Phi) is 5.68. The first-order valence-corrected chi connectivity index (χ1v) is 5.81. The zero-order valence-electron chi connectivity index (χ0n) is 9.17. The van der Waals surface area contributed by atoms with Crippen molar-refractivity contribution in [3.05, 3.63) is 34.6 Å². The summed E-state index contributed by atoms with van der Waals surface area (Å²) in [6.07, 6.45) is 0. The Labute approximate surface area is 109 Å². The fraction of sp³-hybridized carbons (Fsp3) is 0.364. The molecule has 0 heterocycles. The molecule has 0 aliphatic heterocycles. The van der Waals surface area contributed by atoms with E-state index < -0.39 is 11.7 Å². The highest BCUT2D eigenvalue weighted by Crippen LogP contribution is 2.17. The summed E-state index contributed by atoms with van der Waals surface area (Å²) in [6.45, 7) is 0.261. The van der Waals surface area contributed by atoms with E-state index in [4.69, 9.17) is 27.9 Å². The number of hydrogen-bond acceptors (Lipinski definition) is 2. The predicted molar refractivity (Wildman–Crippen MR) is 65.3 cm³/mol. The van der Waals surface area contributed by atoms with Gasteiger partial charge in [0.2, 0.25) is 0 Å². The summed E-state index contributed by atoms with van der Waals surface area (Å²) in [6, 6.07) is 3.87. The van der Waals surface area contributed by atoms with Gasteiger partial charge in [-0.1, -0.05) is 17.7 Å². The SMILES string of the molecule is COCC(CCl)NC(=O)c1cccc(Cl)c1F. The highest BCUT2D eigenvalue weighted by molar-refractivity contribution is 6.31. The van der Waals surface area contributed by atoms with Crippen LogP contribution in [0.5, 0.6) is 0 Å². The Balaban J connectivity index is 2.79. The molecule has 1 N–H and O–H groups in total. The zero-order chi connectivity index (χ0) is 12.8. The molecule has 0 spiro atoms. The van der Waals surface area contributed by atoms with Crippen LogP contribution in [-0.2, 0) is 4.74 Å². The van der Waals surface area contributed by atoms with Crippen molar-refractivity contribution in [3.63, 3.8) is 0 Å². The molecule has 94 valence electrons. The molecule has 1 aromatic carbocycles. The molecule has 0 saturated heterocycles. The van der Waals surface area contributed by atoms with Crippen molar-refractivity contribution in [3.8, 4) is 0 Å². The molecule has 1 rings (SSSR count). The van der Waals surface area contributed by atoms with Gasteiger partial charge in [-0.15, -0.1) is 11.6 Å². The van der Waals surface area contributed by atoms with E-state index in [1.54, 1.807) is 0 Å². The number of carbonyl (C=O) groups excluding carboxylic acids is 1. The number of carbonyl (C=O) groups is 1. The molecule has 0 aliphatic carbocycles. The molecule has 0 saturated carbocycles. The van der Waals surface area contributed by atoms with Gasteiger partial charge in [-0.25, -0.2) is 4.39 Å². The predicted octanol–water partition coefficient (Wildman–Crippen LogP) is 2.46. The van der Waals surface area contributed by atoms with Crippen LogP contribution < -0.4 is 5.32 Å². The van der Waals surface area contributed by atoms with Gasteiger partial charge >= 0.3 is 0 Å². The molecule has 1 aromatic rings. The van der Waals surface area contributed by atoms with Crippen molar-refractivity contribution in [1.82, 2.24) is 5.32 Å². The maximum absolute atomic E-state index is 13.5. The summed E-state index contributed by atoms with van der Waals surface area (Å²) in [5, 5.41) is 2.47. The van der Waals surface area contributed by atoms with Gasteiger partial charge in [-0.2, -0.15) is 0 Å². The summed E-state index contributed by atoms with van der Waals surface area (Å²) < 4.78 is 18.4. The molecule has 0 bridgehead atoms. The van der Waals surface area contributed by atoms with Crippen LogP contribution in [0.2, 0.25) is 5.02 Å². The first-order valence-electron chi connectivity index (χ1n) is 4.90. The van der Waals surface area contributed by atoms with Gasteiger partial charge in [0.05, 0.1) is 23.2 Å². The van der Waals surface area contributed by atoms with Gasteiger partial charge in [0.1, 0.15) is 0 Å². The molecule has 0 aliphatic rings. The monoisotopic (exact) mass is 279 g/mol. The Hall–Kier alpha value is -0.840. The number of rotatable bonds is 5. The van der Waals surface area contributed by atoms with E-state index in [-0.39, 0.29) is 29.1 Å². The summed E-state index contributed by atoms with van der Waals surface area (Å²) in [5.74, 6) is -1.12. The van der Waals surface area contributed by atoms with Gasteiger partial charge in [-0.05, 0) is 12.1 Å². The quantitative estimate of drug-likeness (QED) is 0.841. The van der Waals surface area contributed by atoms with Gasteiger partial charge in [0, 0.05) is 13.0 Å². The van der Waals surface area contributed by atoms with Crippen molar-refractivity contribution >= 4 is 29.1 Å². The summed E-state index contributed by atoms with van der Waals surface area (Å²) in [4.78, 5) is 11.7. The minimum atomic E-state index is -0.739. The number of hydrogen-bond donors (Lipinski definition) is 1. The molecule has 17 heavy (non-hydrogen) atoms. The van der Waals surface area contributed by atoms with Gasteiger partial charge < -0.3 is 10.1 Å². The third-order valence-corrected chi connectivity index (χ3v) is 2.75. The van der Waals surface area contributed by atoms with E-state index >= 15 is 0 Å². The third-order valence-electron chi connectivity index (χ3n) is 2.09. The number of halogens is 3. The van der Waals surface area contributed by atoms with Crippen LogP contribution in [0.3, 0.4) is 0 Å². The average Bonchev–Trinajstić information content (AvgIpc) is 2.31. The third kappa shape index (κ3) is 3.84. The van der Waals surface area contributed by atoms with Gasteiger partial charge in [0.25, 0.3) is 5.91 Å². The maximum Gasteiger partial charge on any atom is 0.254 e. The zero-order valence-corrected chi connectivity index (χ0v) is 10.7. The Bertz CT molecular complexity index is 401. The fourth-order valence-electron chi connectivity index (χ4n) is 1.27. The number of nitrogens with one attached hydrogen (secondary N) is 1. The first-order chi connectivity index (χ1) is 8.10. The van der Waals surface area contributed by atoms with E-state index in [9.17, 15) is 9.18 Å². The van der Waals surface area contributed by atoms with Crippen LogP contribution in [-0.4, -0.2) is 31.5 Å². The van der Waals surface area contributed by atoms with E-state index in [1.807, 2.05) is 0 Å². The lowest BCUT2D eigenvalue weighted by molar-refractivity contribution is 0.0903. The summed E-state index contributed by atoms with van der Waals surface area (Å²) in [7, 11) is 1.49. The van der Waals surface area contributed by atoms with Crippen LogP contribution in [0, 0.1) is 5.82 Å². The van der Waals surface area contributed by atoms with Crippen LogP contribution in [0.15, 0.2) is 18.2 Å².